The Kier molecular flexibility index (Phi) is 3.17. The lowest BCUT2D eigenvalue weighted by Gasteiger charge is -2.23. The summed E-state index contributed by atoms with van der Waals surface area (Å²) in [5.41, 5.74) is 7.99. The topological polar surface area (TPSA) is 44.5 Å². The largest absolute Gasteiger partial charge is 0.486 e. The van der Waals surface area contributed by atoms with E-state index in [0.717, 1.165) is 33.5 Å². The van der Waals surface area contributed by atoms with Gasteiger partial charge in [-0.05, 0) is 34.0 Å². The van der Waals surface area contributed by atoms with Crippen LogP contribution in [0.25, 0.3) is 0 Å². The van der Waals surface area contributed by atoms with E-state index in [1.807, 2.05) is 6.07 Å². The van der Waals surface area contributed by atoms with Crippen LogP contribution in [0.15, 0.2) is 10.5 Å². The van der Waals surface area contributed by atoms with Crippen molar-refractivity contribution >= 4 is 15.9 Å². The van der Waals surface area contributed by atoms with Crippen molar-refractivity contribution in [1.29, 1.82) is 0 Å². The summed E-state index contributed by atoms with van der Waals surface area (Å²) >= 11 is 3.48. The molecule has 1 aromatic rings. The van der Waals surface area contributed by atoms with Crippen LogP contribution >= 0.6 is 15.9 Å². The van der Waals surface area contributed by atoms with Gasteiger partial charge in [0.2, 0.25) is 0 Å². The van der Waals surface area contributed by atoms with E-state index >= 15 is 0 Å². The third-order valence-electron chi connectivity index (χ3n) is 2.54. The number of hydrogen-bond acceptors (Lipinski definition) is 3. The van der Waals surface area contributed by atoms with Crippen LogP contribution in [0.2, 0.25) is 0 Å². The molecule has 0 spiro atoms. The van der Waals surface area contributed by atoms with Gasteiger partial charge in [-0.25, -0.2) is 0 Å². The lowest BCUT2D eigenvalue weighted by Crippen LogP contribution is -2.18. The van der Waals surface area contributed by atoms with Gasteiger partial charge in [0.1, 0.15) is 13.2 Å². The summed E-state index contributed by atoms with van der Waals surface area (Å²) in [4.78, 5) is 0. The fourth-order valence-electron chi connectivity index (χ4n) is 1.84. The zero-order valence-corrected chi connectivity index (χ0v) is 10.3. The average molecular weight is 272 g/mol. The highest BCUT2D eigenvalue weighted by atomic mass is 79.9. The fraction of sp³-hybridized carbons (Fsp3) is 0.455. The summed E-state index contributed by atoms with van der Waals surface area (Å²) in [5, 5.41) is 0. The van der Waals surface area contributed by atoms with E-state index in [-0.39, 0.29) is 0 Å². The van der Waals surface area contributed by atoms with E-state index in [2.05, 4.69) is 22.9 Å². The van der Waals surface area contributed by atoms with Crippen molar-refractivity contribution in [2.45, 2.75) is 19.9 Å². The molecule has 0 atom stereocenters. The highest BCUT2D eigenvalue weighted by Gasteiger charge is 2.20. The standard InChI is InChI=1S/C11H14BrNO2/c1-2-8-7(6-13)5-9(12)11-10(8)14-3-4-15-11/h5H,2-4,6,13H2,1H3. The molecule has 0 bridgehead atoms. The van der Waals surface area contributed by atoms with Crippen molar-refractivity contribution in [2.75, 3.05) is 13.2 Å². The van der Waals surface area contributed by atoms with Gasteiger partial charge in [0.05, 0.1) is 4.47 Å². The van der Waals surface area contributed by atoms with E-state index in [9.17, 15) is 0 Å². The van der Waals surface area contributed by atoms with Gasteiger partial charge < -0.3 is 15.2 Å². The van der Waals surface area contributed by atoms with Gasteiger partial charge in [-0.2, -0.15) is 0 Å². The van der Waals surface area contributed by atoms with Crippen LogP contribution in [0.5, 0.6) is 11.5 Å². The SMILES string of the molecule is CCc1c(CN)cc(Br)c2c1OCCO2. The van der Waals surface area contributed by atoms with Gasteiger partial charge in [0, 0.05) is 12.1 Å². The van der Waals surface area contributed by atoms with E-state index in [0.29, 0.717) is 19.8 Å². The highest BCUT2D eigenvalue weighted by molar-refractivity contribution is 9.10. The molecule has 0 saturated heterocycles. The van der Waals surface area contributed by atoms with Crippen molar-refractivity contribution in [2.24, 2.45) is 5.73 Å². The Bertz CT molecular complexity index is 379. The second-order valence-electron chi connectivity index (χ2n) is 3.41. The molecule has 2 rings (SSSR count). The minimum absolute atomic E-state index is 0.526. The summed E-state index contributed by atoms with van der Waals surface area (Å²) in [6, 6.07) is 2.02. The quantitative estimate of drug-likeness (QED) is 0.898. The molecule has 82 valence electrons. The molecule has 0 radical (unpaired) electrons. The van der Waals surface area contributed by atoms with E-state index in [4.69, 9.17) is 15.2 Å². The summed E-state index contributed by atoms with van der Waals surface area (Å²) in [7, 11) is 0. The summed E-state index contributed by atoms with van der Waals surface area (Å²) < 4.78 is 12.2. The minimum Gasteiger partial charge on any atom is -0.486 e. The fourth-order valence-corrected chi connectivity index (χ4v) is 2.41. The number of halogens is 1. The third kappa shape index (κ3) is 1.84. The first-order chi connectivity index (χ1) is 7.27. The molecular formula is C11H14BrNO2. The number of nitrogens with two attached hydrogens (primary N) is 1. The zero-order chi connectivity index (χ0) is 10.8. The van der Waals surface area contributed by atoms with Crippen LogP contribution < -0.4 is 15.2 Å². The van der Waals surface area contributed by atoms with Gasteiger partial charge in [-0.3, -0.25) is 0 Å². The maximum atomic E-state index is 5.71. The molecule has 0 amide bonds. The molecule has 0 aliphatic carbocycles. The van der Waals surface area contributed by atoms with Gasteiger partial charge in [0.25, 0.3) is 0 Å². The molecule has 1 heterocycles. The molecule has 1 aliphatic heterocycles. The van der Waals surface area contributed by atoms with E-state index in [1.54, 1.807) is 0 Å². The first kappa shape index (κ1) is 10.8. The van der Waals surface area contributed by atoms with Crippen LogP contribution in [-0.4, -0.2) is 13.2 Å². The van der Waals surface area contributed by atoms with Crippen molar-refractivity contribution in [3.05, 3.63) is 21.7 Å². The molecule has 15 heavy (non-hydrogen) atoms. The Morgan fingerprint density at radius 2 is 2.00 bits per heavy atom. The summed E-state index contributed by atoms with van der Waals surface area (Å²) in [6.07, 6.45) is 0.908. The average Bonchev–Trinajstić information content (AvgIpc) is 2.29. The van der Waals surface area contributed by atoms with Crippen LogP contribution in [0, 0.1) is 0 Å². The molecular weight excluding hydrogens is 258 g/mol. The van der Waals surface area contributed by atoms with Gasteiger partial charge >= 0.3 is 0 Å². The Balaban J connectivity index is 2.59. The van der Waals surface area contributed by atoms with Gasteiger partial charge in [0.15, 0.2) is 11.5 Å². The lowest BCUT2D eigenvalue weighted by atomic mass is 10.0. The summed E-state index contributed by atoms with van der Waals surface area (Å²) in [6.45, 7) is 3.84. The van der Waals surface area contributed by atoms with E-state index in [1.165, 1.54) is 0 Å². The molecule has 0 fully saturated rings. The molecule has 0 saturated carbocycles. The zero-order valence-electron chi connectivity index (χ0n) is 8.68. The lowest BCUT2D eigenvalue weighted by molar-refractivity contribution is 0.168. The summed E-state index contributed by atoms with van der Waals surface area (Å²) in [5.74, 6) is 1.67. The van der Waals surface area contributed by atoms with E-state index < -0.39 is 0 Å². The number of fused-ring (bicyclic) bond motifs is 1. The molecule has 1 aliphatic rings. The van der Waals surface area contributed by atoms with Gasteiger partial charge in [-0.1, -0.05) is 6.92 Å². The van der Waals surface area contributed by atoms with Crippen molar-refractivity contribution < 1.29 is 9.47 Å². The first-order valence-corrected chi connectivity index (χ1v) is 5.87. The Labute approximate surface area is 97.7 Å². The molecule has 2 N–H and O–H groups in total. The minimum atomic E-state index is 0.526. The van der Waals surface area contributed by atoms with Crippen LogP contribution in [0.1, 0.15) is 18.1 Å². The molecule has 0 aromatic heterocycles. The Morgan fingerprint density at radius 1 is 1.33 bits per heavy atom. The maximum Gasteiger partial charge on any atom is 0.175 e. The number of ether oxygens (including phenoxy) is 2. The Hall–Kier alpha value is -0.740. The smallest absolute Gasteiger partial charge is 0.175 e. The third-order valence-corrected chi connectivity index (χ3v) is 3.12. The maximum absolute atomic E-state index is 5.71. The highest BCUT2D eigenvalue weighted by Crippen LogP contribution is 2.42. The normalized spacial score (nSPS) is 14.1. The van der Waals surface area contributed by atoms with Gasteiger partial charge in [-0.15, -0.1) is 0 Å². The number of hydrogen-bond donors (Lipinski definition) is 1. The van der Waals surface area contributed by atoms with Crippen molar-refractivity contribution in [3.63, 3.8) is 0 Å². The van der Waals surface area contributed by atoms with Crippen LogP contribution in [0.4, 0.5) is 0 Å². The number of rotatable bonds is 2. The van der Waals surface area contributed by atoms with Crippen molar-refractivity contribution in [3.8, 4) is 11.5 Å². The molecule has 3 nitrogen and oxygen atoms in total. The molecule has 0 unspecified atom stereocenters. The van der Waals surface area contributed by atoms with Crippen LogP contribution in [-0.2, 0) is 13.0 Å². The molecule has 4 heteroatoms. The Morgan fingerprint density at radius 3 is 2.60 bits per heavy atom. The first-order valence-electron chi connectivity index (χ1n) is 5.07. The van der Waals surface area contributed by atoms with Crippen LogP contribution in [0.3, 0.4) is 0 Å². The second-order valence-corrected chi connectivity index (χ2v) is 4.26. The predicted molar refractivity (Wildman–Crippen MR) is 62.4 cm³/mol. The molecule has 1 aromatic carbocycles. The number of benzene rings is 1. The van der Waals surface area contributed by atoms with Crippen molar-refractivity contribution in [1.82, 2.24) is 0 Å². The second kappa shape index (κ2) is 4.41. The monoisotopic (exact) mass is 271 g/mol. The predicted octanol–water partition coefficient (Wildman–Crippen LogP) is 2.24.